The van der Waals surface area contributed by atoms with Crippen LogP contribution in [0.1, 0.15) is 32.5 Å². The van der Waals surface area contributed by atoms with Crippen LogP contribution in [0.5, 0.6) is 0 Å². The lowest BCUT2D eigenvalue weighted by molar-refractivity contribution is 0.0935. The van der Waals surface area contributed by atoms with Crippen LogP contribution in [0.4, 0.5) is 0 Å². The lowest BCUT2D eigenvalue weighted by Crippen LogP contribution is -2.22. The number of rotatable bonds is 6. The fourth-order valence-electron chi connectivity index (χ4n) is 1.59. The molecule has 0 aliphatic rings. The molecule has 1 rings (SSSR count). The van der Waals surface area contributed by atoms with E-state index in [1.165, 1.54) is 0 Å². The summed E-state index contributed by atoms with van der Waals surface area (Å²) < 4.78 is 7.45. The van der Waals surface area contributed by atoms with Gasteiger partial charge in [-0.15, -0.1) is 0 Å². The number of aliphatic hydroxyl groups is 1. The van der Waals surface area contributed by atoms with Crippen LogP contribution in [0.2, 0.25) is 0 Å². The Morgan fingerprint density at radius 2 is 2.27 bits per heavy atom. The quantitative estimate of drug-likeness (QED) is 0.779. The van der Waals surface area contributed by atoms with Crippen LogP contribution < -0.4 is 0 Å². The van der Waals surface area contributed by atoms with Gasteiger partial charge >= 0.3 is 0 Å². The predicted octanol–water partition coefficient (Wildman–Crippen LogP) is 1.61. The van der Waals surface area contributed by atoms with Crippen LogP contribution in [0, 0.1) is 5.92 Å². The average molecular weight is 212 g/mol. The summed E-state index contributed by atoms with van der Waals surface area (Å²) in [6.45, 7) is 7.67. The first-order chi connectivity index (χ1) is 7.20. The van der Waals surface area contributed by atoms with Crippen LogP contribution in [0.15, 0.2) is 12.5 Å². The van der Waals surface area contributed by atoms with E-state index in [0.29, 0.717) is 19.1 Å². The Hall–Kier alpha value is -0.870. The Labute approximate surface area is 90.9 Å². The van der Waals surface area contributed by atoms with Gasteiger partial charge in [0.25, 0.3) is 0 Å². The number of imidazole rings is 1. The van der Waals surface area contributed by atoms with Gasteiger partial charge < -0.3 is 14.4 Å². The van der Waals surface area contributed by atoms with Gasteiger partial charge in [0, 0.05) is 6.61 Å². The number of hydrogen-bond donors (Lipinski definition) is 1. The van der Waals surface area contributed by atoms with E-state index in [4.69, 9.17) is 9.84 Å². The molecule has 4 nitrogen and oxygen atoms in total. The third-order valence-corrected chi connectivity index (χ3v) is 2.53. The van der Waals surface area contributed by atoms with Gasteiger partial charge in [-0.3, -0.25) is 0 Å². The molecule has 0 spiro atoms. The number of hydrogen-bond acceptors (Lipinski definition) is 3. The van der Waals surface area contributed by atoms with Gasteiger partial charge in [-0.1, -0.05) is 13.8 Å². The third kappa shape index (κ3) is 3.04. The van der Waals surface area contributed by atoms with E-state index in [1.807, 2.05) is 11.5 Å². The molecule has 0 saturated heterocycles. The molecule has 15 heavy (non-hydrogen) atoms. The minimum absolute atomic E-state index is 0.0232. The standard InChI is InChI=1S/C11H20N2O2/c1-4-15-7-11(9(2)3)13-8-12-5-10(13)6-14/h5,8-9,11,14H,4,6-7H2,1-3H3. The fraction of sp³-hybridized carbons (Fsp3) is 0.727. The highest BCUT2D eigenvalue weighted by Gasteiger charge is 2.17. The van der Waals surface area contributed by atoms with Gasteiger partial charge in [-0.25, -0.2) is 4.98 Å². The zero-order valence-electron chi connectivity index (χ0n) is 9.68. The number of nitrogens with zero attached hydrogens (tertiary/aromatic N) is 2. The van der Waals surface area contributed by atoms with Crippen LogP contribution in [0.3, 0.4) is 0 Å². The third-order valence-electron chi connectivity index (χ3n) is 2.53. The molecule has 0 aliphatic heterocycles. The van der Waals surface area contributed by atoms with Crippen molar-refractivity contribution in [2.75, 3.05) is 13.2 Å². The summed E-state index contributed by atoms with van der Waals surface area (Å²) in [5.74, 6) is 0.455. The molecule has 0 saturated carbocycles. The van der Waals surface area contributed by atoms with Crippen molar-refractivity contribution in [2.24, 2.45) is 5.92 Å². The topological polar surface area (TPSA) is 47.3 Å². The predicted molar refractivity (Wildman–Crippen MR) is 58.5 cm³/mol. The largest absolute Gasteiger partial charge is 0.390 e. The Kier molecular flexibility index (Phi) is 4.78. The van der Waals surface area contributed by atoms with Crippen molar-refractivity contribution in [1.82, 2.24) is 9.55 Å². The van der Waals surface area contributed by atoms with Gasteiger partial charge in [0.1, 0.15) is 0 Å². The van der Waals surface area contributed by atoms with E-state index < -0.39 is 0 Å². The van der Waals surface area contributed by atoms with Crippen LogP contribution in [0.25, 0.3) is 0 Å². The maximum atomic E-state index is 9.16. The van der Waals surface area contributed by atoms with Crippen LogP contribution in [-0.2, 0) is 11.3 Å². The first-order valence-electron chi connectivity index (χ1n) is 5.40. The van der Waals surface area contributed by atoms with E-state index in [0.717, 1.165) is 5.69 Å². The van der Waals surface area contributed by atoms with Gasteiger partial charge in [-0.2, -0.15) is 0 Å². The van der Waals surface area contributed by atoms with Crippen molar-refractivity contribution in [1.29, 1.82) is 0 Å². The summed E-state index contributed by atoms with van der Waals surface area (Å²) in [5, 5.41) is 9.16. The second-order valence-corrected chi connectivity index (χ2v) is 3.92. The van der Waals surface area contributed by atoms with E-state index >= 15 is 0 Å². The fourth-order valence-corrected chi connectivity index (χ4v) is 1.59. The highest BCUT2D eigenvalue weighted by molar-refractivity contribution is 4.99. The molecule has 0 radical (unpaired) electrons. The molecular weight excluding hydrogens is 192 g/mol. The molecule has 1 atom stereocenters. The molecule has 1 N–H and O–H groups in total. The second-order valence-electron chi connectivity index (χ2n) is 3.92. The molecule has 0 aliphatic carbocycles. The Morgan fingerprint density at radius 3 is 2.80 bits per heavy atom. The van der Waals surface area contributed by atoms with E-state index in [1.54, 1.807) is 12.5 Å². The minimum atomic E-state index is 0.0232. The minimum Gasteiger partial charge on any atom is -0.390 e. The molecular formula is C11H20N2O2. The first kappa shape index (κ1) is 12.2. The molecule has 1 unspecified atom stereocenters. The maximum absolute atomic E-state index is 9.16. The smallest absolute Gasteiger partial charge is 0.0952 e. The maximum Gasteiger partial charge on any atom is 0.0952 e. The zero-order chi connectivity index (χ0) is 11.3. The second kappa shape index (κ2) is 5.88. The van der Waals surface area contributed by atoms with Gasteiger partial charge in [0.2, 0.25) is 0 Å². The van der Waals surface area contributed by atoms with E-state index in [9.17, 15) is 0 Å². The molecule has 0 amide bonds. The molecule has 0 bridgehead atoms. The lowest BCUT2D eigenvalue weighted by atomic mass is 10.1. The van der Waals surface area contributed by atoms with Gasteiger partial charge in [0.15, 0.2) is 0 Å². The van der Waals surface area contributed by atoms with Crippen molar-refractivity contribution in [3.05, 3.63) is 18.2 Å². The summed E-state index contributed by atoms with van der Waals surface area (Å²) in [6, 6.07) is 0.245. The molecule has 1 aromatic rings. The summed E-state index contributed by atoms with van der Waals surface area (Å²) in [5.41, 5.74) is 0.841. The summed E-state index contributed by atoms with van der Waals surface area (Å²) in [6.07, 6.45) is 3.45. The van der Waals surface area contributed by atoms with Crippen molar-refractivity contribution in [2.45, 2.75) is 33.4 Å². The number of aromatic nitrogens is 2. The highest BCUT2D eigenvalue weighted by Crippen LogP contribution is 2.20. The van der Waals surface area contributed by atoms with E-state index in [-0.39, 0.29) is 12.6 Å². The average Bonchev–Trinajstić information content (AvgIpc) is 2.66. The monoisotopic (exact) mass is 212 g/mol. The summed E-state index contributed by atoms with van der Waals surface area (Å²) in [4.78, 5) is 4.05. The summed E-state index contributed by atoms with van der Waals surface area (Å²) >= 11 is 0. The molecule has 86 valence electrons. The number of ether oxygens (including phenoxy) is 1. The number of aliphatic hydroxyl groups excluding tert-OH is 1. The van der Waals surface area contributed by atoms with Crippen molar-refractivity contribution < 1.29 is 9.84 Å². The molecule has 4 heteroatoms. The lowest BCUT2D eigenvalue weighted by Gasteiger charge is -2.23. The normalized spacial score (nSPS) is 13.4. The Bertz CT molecular complexity index is 284. The van der Waals surface area contributed by atoms with Crippen molar-refractivity contribution in [3.63, 3.8) is 0 Å². The van der Waals surface area contributed by atoms with Crippen molar-refractivity contribution >= 4 is 0 Å². The van der Waals surface area contributed by atoms with Crippen LogP contribution >= 0.6 is 0 Å². The molecule has 0 aromatic carbocycles. The van der Waals surface area contributed by atoms with Crippen molar-refractivity contribution in [3.8, 4) is 0 Å². The SMILES string of the molecule is CCOCC(C(C)C)n1cncc1CO. The van der Waals surface area contributed by atoms with Gasteiger partial charge in [-0.05, 0) is 12.8 Å². The Morgan fingerprint density at radius 1 is 1.53 bits per heavy atom. The molecule has 1 heterocycles. The van der Waals surface area contributed by atoms with Crippen LogP contribution in [-0.4, -0.2) is 27.9 Å². The molecule has 1 aromatic heterocycles. The van der Waals surface area contributed by atoms with Gasteiger partial charge in [0.05, 0.1) is 37.5 Å². The summed E-state index contributed by atoms with van der Waals surface area (Å²) in [7, 11) is 0. The zero-order valence-corrected chi connectivity index (χ0v) is 9.68. The molecule has 0 fully saturated rings. The van der Waals surface area contributed by atoms with E-state index in [2.05, 4.69) is 18.8 Å². The highest BCUT2D eigenvalue weighted by atomic mass is 16.5. The first-order valence-corrected chi connectivity index (χ1v) is 5.40. The Balaban J connectivity index is 2.78.